The number of hydrogen-bond acceptors (Lipinski definition) is 3. The number of anilines is 1. The van der Waals surface area contributed by atoms with Gasteiger partial charge in [-0.3, -0.25) is 4.79 Å². The lowest BCUT2D eigenvalue weighted by Gasteiger charge is -2.23. The second kappa shape index (κ2) is 6.65. The summed E-state index contributed by atoms with van der Waals surface area (Å²) in [7, 11) is 0. The van der Waals surface area contributed by atoms with E-state index in [1.54, 1.807) is 0 Å². The summed E-state index contributed by atoms with van der Waals surface area (Å²) in [5.41, 5.74) is 4.66. The number of amides is 1. The lowest BCUT2D eigenvalue weighted by Crippen LogP contribution is -2.38. The van der Waals surface area contributed by atoms with E-state index in [4.69, 9.17) is 4.74 Å². The fourth-order valence-electron chi connectivity index (χ4n) is 3.45. The minimum atomic E-state index is 0.0122. The normalized spacial score (nSPS) is 17.6. The summed E-state index contributed by atoms with van der Waals surface area (Å²) < 4.78 is 5.33. The Morgan fingerprint density at radius 1 is 0.958 bits per heavy atom. The lowest BCUT2D eigenvalue weighted by atomic mass is 10.1. The molecule has 1 fully saturated rings. The Hall–Kier alpha value is -2.33. The van der Waals surface area contributed by atoms with Gasteiger partial charge in [0.15, 0.2) is 0 Å². The molecule has 0 atom stereocenters. The van der Waals surface area contributed by atoms with Crippen molar-refractivity contribution < 1.29 is 9.53 Å². The highest BCUT2D eigenvalue weighted by Gasteiger charge is 2.20. The number of ether oxygens (including phenoxy) is 1. The Kier molecular flexibility index (Phi) is 4.22. The van der Waals surface area contributed by atoms with Crippen molar-refractivity contribution in [2.75, 3.05) is 18.1 Å². The van der Waals surface area contributed by atoms with Gasteiger partial charge in [0.1, 0.15) is 0 Å². The molecule has 1 saturated heterocycles. The van der Waals surface area contributed by atoms with Crippen molar-refractivity contribution in [2.45, 2.75) is 32.0 Å². The second-order valence-corrected chi connectivity index (χ2v) is 6.53. The Labute approximate surface area is 142 Å². The number of carbonyl (C=O) groups is 1. The molecule has 4 rings (SSSR count). The highest BCUT2D eigenvalue weighted by atomic mass is 16.5. The molecule has 0 aliphatic carbocycles. The quantitative estimate of drug-likeness (QED) is 0.944. The van der Waals surface area contributed by atoms with E-state index in [1.165, 1.54) is 11.1 Å². The van der Waals surface area contributed by atoms with Gasteiger partial charge in [-0.2, -0.15) is 0 Å². The zero-order valence-corrected chi connectivity index (χ0v) is 13.7. The summed E-state index contributed by atoms with van der Waals surface area (Å²) in [6, 6.07) is 16.7. The molecule has 4 nitrogen and oxygen atoms in total. The summed E-state index contributed by atoms with van der Waals surface area (Å²) in [5, 5.41) is 3.11. The van der Waals surface area contributed by atoms with Crippen molar-refractivity contribution in [3.63, 3.8) is 0 Å². The van der Waals surface area contributed by atoms with Gasteiger partial charge >= 0.3 is 0 Å². The summed E-state index contributed by atoms with van der Waals surface area (Å²) in [6.07, 6.45) is 1.80. The smallest absolute Gasteiger partial charge is 0.251 e. The topological polar surface area (TPSA) is 41.6 Å². The minimum absolute atomic E-state index is 0.0122. The van der Waals surface area contributed by atoms with Crippen LogP contribution in [0.1, 0.15) is 34.3 Å². The van der Waals surface area contributed by atoms with Crippen molar-refractivity contribution in [2.24, 2.45) is 0 Å². The average molecular weight is 322 g/mol. The number of fused-ring (bicyclic) bond motifs is 1. The van der Waals surface area contributed by atoms with Crippen LogP contribution in [0.15, 0.2) is 48.5 Å². The second-order valence-electron chi connectivity index (χ2n) is 6.53. The largest absolute Gasteiger partial charge is 0.381 e. The third-order valence-corrected chi connectivity index (χ3v) is 4.89. The molecule has 124 valence electrons. The van der Waals surface area contributed by atoms with Gasteiger partial charge in [-0.05, 0) is 48.2 Å². The van der Waals surface area contributed by atoms with E-state index in [2.05, 4.69) is 34.5 Å². The Morgan fingerprint density at radius 2 is 1.58 bits per heavy atom. The van der Waals surface area contributed by atoms with Gasteiger partial charge in [-0.15, -0.1) is 0 Å². The highest BCUT2D eigenvalue weighted by Crippen LogP contribution is 2.28. The number of benzene rings is 2. The van der Waals surface area contributed by atoms with Crippen LogP contribution in [0, 0.1) is 0 Å². The van der Waals surface area contributed by atoms with Gasteiger partial charge < -0.3 is 15.0 Å². The van der Waals surface area contributed by atoms with Crippen LogP contribution >= 0.6 is 0 Å². The van der Waals surface area contributed by atoms with Crippen molar-refractivity contribution in [3.05, 3.63) is 65.2 Å². The molecule has 1 amide bonds. The van der Waals surface area contributed by atoms with E-state index in [-0.39, 0.29) is 11.9 Å². The molecule has 2 aliphatic rings. The van der Waals surface area contributed by atoms with E-state index < -0.39 is 0 Å². The number of rotatable bonds is 3. The Balaban J connectivity index is 1.41. The zero-order chi connectivity index (χ0) is 16.4. The van der Waals surface area contributed by atoms with Crippen molar-refractivity contribution >= 4 is 11.6 Å². The first-order valence-corrected chi connectivity index (χ1v) is 8.60. The van der Waals surface area contributed by atoms with E-state index in [9.17, 15) is 4.79 Å². The van der Waals surface area contributed by atoms with Crippen LogP contribution in [0.4, 0.5) is 5.69 Å². The number of nitrogens with one attached hydrogen (secondary N) is 1. The maximum absolute atomic E-state index is 12.4. The molecule has 0 saturated carbocycles. The molecule has 2 aromatic carbocycles. The summed E-state index contributed by atoms with van der Waals surface area (Å²) >= 11 is 0. The first-order valence-electron chi connectivity index (χ1n) is 8.60. The van der Waals surface area contributed by atoms with Gasteiger partial charge in [0.2, 0.25) is 0 Å². The molecule has 24 heavy (non-hydrogen) atoms. The maximum atomic E-state index is 12.4. The molecule has 0 unspecified atom stereocenters. The Morgan fingerprint density at radius 3 is 2.21 bits per heavy atom. The predicted octanol–water partition coefficient (Wildman–Crippen LogP) is 3.12. The highest BCUT2D eigenvalue weighted by molar-refractivity contribution is 5.94. The van der Waals surface area contributed by atoms with Gasteiger partial charge in [0.25, 0.3) is 5.91 Å². The van der Waals surface area contributed by atoms with E-state index in [0.717, 1.165) is 50.4 Å². The van der Waals surface area contributed by atoms with Crippen LogP contribution in [-0.2, 0) is 17.8 Å². The number of nitrogens with zero attached hydrogens (tertiary/aromatic N) is 1. The molecule has 0 spiro atoms. The average Bonchev–Trinajstić information content (AvgIpc) is 3.07. The third kappa shape index (κ3) is 3.15. The molecular weight excluding hydrogens is 300 g/mol. The van der Waals surface area contributed by atoms with Gasteiger partial charge in [0.05, 0.1) is 0 Å². The molecule has 2 heterocycles. The van der Waals surface area contributed by atoms with Crippen LogP contribution < -0.4 is 10.2 Å². The minimum Gasteiger partial charge on any atom is -0.381 e. The third-order valence-electron chi connectivity index (χ3n) is 4.89. The summed E-state index contributed by atoms with van der Waals surface area (Å²) in [5.74, 6) is 0.0122. The molecule has 0 bridgehead atoms. The predicted molar refractivity (Wildman–Crippen MR) is 94.1 cm³/mol. The molecular formula is C20H22N2O2. The van der Waals surface area contributed by atoms with Crippen molar-refractivity contribution in [3.8, 4) is 0 Å². The first-order chi connectivity index (χ1) is 11.8. The van der Waals surface area contributed by atoms with Gasteiger partial charge in [0, 0.05) is 43.6 Å². The first kappa shape index (κ1) is 15.2. The standard InChI is InChI=1S/C20H22N2O2/c23-20(21-18-9-11-24-12-10-18)15-5-7-19(8-6-15)22-13-16-3-1-2-4-17(16)14-22/h1-8,18H,9-14H2,(H,21,23). The maximum Gasteiger partial charge on any atom is 0.251 e. The molecule has 1 N–H and O–H groups in total. The van der Waals surface area contributed by atoms with Crippen molar-refractivity contribution in [1.29, 1.82) is 0 Å². The molecule has 2 aliphatic heterocycles. The van der Waals surface area contributed by atoms with E-state index >= 15 is 0 Å². The molecule has 4 heteroatoms. The van der Waals surface area contributed by atoms with Crippen LogP contribution in [0.5, 0.6) is 0 Å². The summed E-state index contributed by atoms with van der Waals surface area (Å²) in [4.78, 5) is 14.7. The van der Waals surface area contributed by atoms with E-state index in [1.807, 2.05) is 24.3 Å². The van der Waals surface area contributed by atoms with Crippen LogP contribution in [0.2, 0.25) is 0 Å². The van der Waals surface area contributed by atoms with Crippen molar-refractivity contribution in [1.82, 2.24) is 5.32 Å². The summed E-state index contributed by atoms with van der Waals surface area (Å²) in [6.45, 7) is 3.34. The number of carbonyl (C=O) groups excluding carboxylic acids is 1. The fraction of sp³-hybridized carbons (Fsp3) is 0.350. The fourth-order valence-corrected chi connectivity index (χ4v) is 3.45. The lowest BCUT2D eigenvalue weighted by molar-refractivity contribution is 0.0696. The monoisotopic (exact) mass is 322 g/mol. The zero-order valence-electron chi connectivity index (χ0n) is 13.7. The van der Waals surface area contributed by atoms with Crippen LogP contribution in [0.25, 0.3) is 0 Å². The molecule has 0 radical (unpaired) electrons. The SMILES string of the molecule is O=C(NC1CCOCC1)c1ccc(N2Cc3ccccc3C2)cc1. The van der Waals surface area contributed by atoms with Crippen LogP contribution in [-0.4, -0.2) is 25.2 Å². The van der Waals surface area contributed by atoms with Gasteiger partial charge in [-0.25, -0.2) is 0 Å². The Bertz CT molecular complexity index is 696. The molecule has 2 aromatic rings. The van der Waals surface area contributed by atoms with Crippen LogP contribution in [0.3, 0.4) is 0 Å². The molecule has 0 aromatic heterocycles. The van der Waals surface area contributed by atoms with E-state index in [0.29, 0.717) is 0 Å². The van der Waals surface area contributed by atoms with Gasteiger partial charge in [-0.1, -0.05) is 24.3 Å². The number of hydrogen-bond donors (Lipinski definition) is 1.